The van der Waals surface area contributed by atoms with Gasteiger partial charge in [0.15, 0.2) is 17.1 Å². The lowest BCUT2D eigenvalue weighted by Crippen LogP contribution is -2.65. The molecule has 3 aliphatic carbocycles. The number of amides is 2. The SMILES string of the molecule is CN(C)c1cc(NC(=O)OCC(C)(C)C)c(O)c2c1C[C@H]1C[C@H]3[C@H](N(C)C)C(=O)C(C(N)=O)=C(O)[C@@]3(O)C(=O)C1=C2O. The van der Waals surface area contributed by atoms with Gasteiger partial charge in [0.25, 0.3) is 5.91 Å². The maximum atomic E-state index is 14.0. The minimum absolute atomic E-state index is 0.0292. The smallest absolute Gasteiger partial charge is 0.411 e. The van der Waals surface area contributed by atoms with E-state index in [1.165, 1.54) is 25.1 Å². The van der Waals surface area contributed by atoms with Crippen LogP contribution < -0.4 is 16.0 Å². The van der Waals surface area contributed by atoms with Crippen LogP contribution in [0.3, 0.4) is 0 Å². The molecule has 7 N–H and O–H groups in total. The van der Waals surface area contributed by atoms with Crippen molar-refractivity contribution in [1.82, 2.24) is 4.90 Å². The number of aliphatic hydroxyl groups is 3. The number of fused-ring (bicyclic) bond motifs is 3. The van der Waals surface area contributed by atoms with Crippen molar-refractivity contribution in [2.45, 2.75) is 45.3 Å². The second kappa shape index (κ2) is 10.3. The van der Waals surface area contributed by atoms with Gasteiger partial charge >= 0.3 is 6.09 Å². The third-order valence-electron chi connectivity index (χ3n) is 8.05. The number of ether oxygens (including phenoxy) is 1. The summed E-state index contributed by atoms with van der Waals surface area (Å²) in [6.45, 7) is 5.73. The highest BCUT2D eigenvalue weighted by molar-refractivity contribution is 6.24. The lowest BCUT2D eigenvalue weighted by Gasteiger charge is -2.50. The minimum atomic E-state index is -2.74. The van der Waals surface area contributed by atoms with Crippen molar-refractivity contribution < 1.29 is 44.3 Å². The van der Waals surface area contributed by atoms with Crippen LogP contribution >= 0.6 is 0 Å². The number of hydrogen-bond donors (Lipinski definition) is 6. The largest absolute Gasteiger partial charge is 0.508 e. The van der Waals surface area contributed by atoms with Crippen molar-refractivity contribution in [3.05, 3.63) is 34.1 Å². The molecule has 13 nitrogen and oxygen atoms in total. The van der Waals surface area contributed by atoms with E-state index in [4.69, 9.17) is 10.5 Å². The second-order valence-electron chi connectivity index (χ2n) is 12.8. The summed E-state index contributed by atoms with van der Waals surface area (Å²) in [6, 6.07) is 0.349. The van der Waals surface area contributed by atoms with Crippen LogP contribution in [0.1, 0.15) is 38.3 Å². The predicted octanol–water partition coefficient (Wildman–Crippen LogP) is 1.62. The zero-order valence-electron chi connectivity index (χ0n) is 24.7. The zero-order chi connectivity index (χ0) is 31.6. The normalized spacial score (nSPS) is 25.6. The van der Waals surface area contributed by atoms with Crippen LogP contribution in [-0.4, -0.2) is 95.3 Å². The molecule has 0 spiro atoms. The highest BCUT2D eigenvalue weighted by Gasteiger charge is 2.64. The Hall–Kier alpha value is -4.10. The van der Waals surface area contributed by atoms with Crippen LogP contribution in [0.4, 0.5) is 16.2 Å². The van der Waals surface area contributed by atoms with E-state index in [0.717, 1.165) is 0 Å². The van der Waals surface area contributed by atoms with Gasteiger partial charge in [0.05, 0.1) is 23.9 Å². The average molecular weight is 587 g/mol. The number of nitrogens with zero attached hydrogens (tertiary/aromatic N) is 2. The number of benzene rings is 1. The standard InChI is InChI=1S/C29H38N4O9/c1-28(2,3)11-42-27(40)31-15-10-16(32(4)5)13-8-12-9-14-20(33(6)7)23(36)19(26(30)39)25(38)29(14,41)24(37)17(12)22(35)18(13)21(15)34/h10,12,14,20,34-35,38,41H,8-9,11H2,1-7H3,(H2,30,39)(H,31,40)/t12-,14-,20-,29-/m0/s1. The first-order valence-electron chi connectivity index (χ1n) is 13.5. The van der Waals surface area contributed by atoms with E-state index < -0.39 is 69.9 Å². The van der Waals surface area contributed by atoms with Crippen LogP contribution in [0, 0.1) is 17.3 Å². The molecule has 0 heterocycles. The van der Waals surface area contributed by atoms with Gasteiger partial charge in [0.1, 0.15) is 17.1 Å². The number of carbonyl (C=O) groups excluding carboxylic acids is 4. The van der Waals surface area contributed by atoms with E-state index in [1.807, 2.05) is 20.8 Å². The van der Waals surface area contributed by atoms with Crippen molar-refractivity contribution in [2.75, 3.05) is 45.0 Å². The number of phenolic OH excluding ortho intramolecular Hbond substituents is 1. The number of ketones is 2. The number of primary amides is 1. The Morgan fingerprint density at radius 2 is 1.76 bits per heavy atom. The van der Waals surface area contributed by atoms with Gasteiger partial charge < -0.3 is 35.8 Å². The van der Waals surface area contributed by atoms with Crippen LogP contribution in [0.25, 0.3) is 5.76 Å². The maximum Gasteiger partial charge on any atom is 0.411 e. The molecule has 2 amide bonds. The van der Waals surface area contributed by atoms with Crippen LogP contribution in [0.15, 0.2) is 23.0 Å². The Bertz CT molecular complexity index is 1450. The minimum Gasteiger partial charge on any atom is -0.508 e. The van der Waals surface area contributed by atoms with E-state index in [-0.39, 0.29) is 41.7 Å². The first-order valence-corrected chi connectivity index (χ1v) is 13.5. The number of rotatable bonds is 5. The summed E-state index contributed by atoms with van der Waals surface area (Å²) in [4.78, 5) is 55.1. The van der Waals surface area contributed by atoms with Gasteiger partial charge in [-0.1, -0.05) is 20.8 Å². The molecular weight excluding hydrogens is 548 g/mol. The lowest BCUT2D eigenvalue weighted by molar-refractivity contribution is -0.153. The number of carbonyl (C=O) groups is 4. The number of nitrogens with two attached hydrogens (primary N) is 1. The van der Waals surface area contributed by atoms with Crippen LogP contribution in [0.5, 0.6) is 5.75 Å². The monoisotopic (exact) mass is 586 g/mol. The van der Waals surface area contributed by atoms with E-state index in [0.29, 0.717) is 11.3 Å². The van der Waals surface area contributed by atoms with Crippen LogP contribution in [0.2, 0.25) is 0 Å². The Morgan fingerprint density at radius 1 is 1.14 bits per heavy atom. The lowest BCUT2D eigenvalue weighted by atomic mass is 9.57. The Kier molecular flexibility index (Phi) is 7.58. The second-order valence-corrected chi connectivity index (χ2v) is 12.8. The highest BCUT2D eigenvalue weighted by Crippen LogP contribution is 2.54. The number of aromatic hydroxyl groups is 1. The van der Waals surface area contributed by atoms with Crippen molar-refractivity contribution in [3.8, 4) is 5.75 Å². The van der Waals surface area contributed by atoms with Crippen molar-refractivity contribution in [3.63, 3.8) is 0 Å². The van der Waals surface area contributed by atoms with E-state index >= 15 is 0 Å². The number of Topliss-reactive ketones (excluding diaryl/α,β-unsaturated/α-hetero) is 2. The first kappa shape index (κ1) is 30.8. The van der Waals surface area contributed by atoms with Gasteiger partial charge in [-0.15, -0.1) is 0 Å². The number of anilines is 2. The summed E-state index contributed by atoms with van der Waals surface area (Å²) < 4.78 is 5.25. The summed E-state index contributed by atoms with van der Waals surface area (Å²) in [7, 11) is 6.53. The average Bonchev–Trinajstić information content (AvgIpc) is 2.85. The first-order chi connectivity index (χ1) is 19.3. The van der Waals surface area contributed by atoms with Gasteiger partial charge in [-0.05, 0) is 49.9 Å². The van der Waals surface area contributed by atoms with Gasteiger partial charge in [-0.25, -0.2) is 4.79 Å². The number of hydrogen-bond acceptors (Lipinski definition) is 11. The zero-order valence-corrected chi connectivity index (χ0v) is 24.7. The van der Waals surface area contributed by atoms with Crippen LogP contribution in [-0.2, 0) is 25.5 Å². The molecule has 1 aromatic rings. The third kappa shape index (κ3) is 4.75. The number of likely N-dealkylation sites (N-methyl/N-ethyl adjacent to an activating group) is 1. The molecule has 13 heteroatoms. The van der Waals surface area contributed by atoms with E-state index in [9.17, 15) is 39.6 Å². The van der Waals surface area contributed by atoms with Crippen molar-refractivity contribution in [2.24, 2.45) is 23.0 Å². The molecular formula is C29H38N4O9. The summed E-state index contributed by atoms with van der Waals surface area (Å²) >= 11 is 0. The molecule has 1 saturated carbocycles. The molecule has 0 radical (unpaired) electrons. The Balaban J connectivity index is 1.89. The van der Waals surface area contributed by atoms with Crippen molar-refractivity contribution in [1.29, 1.82) is 0 Å². The molecule has 4 atom stereocenters. The molecule has 0 saturated heterocycles. The van der Waals surface area contributed by atoms with E-state index in [1.54, 1.807) is 19.0 Å². The number of aliphatic hydroxyl groups excluding tert-OH is 2. The molecule has 0 unspecified atom stereocenters. The quantitative estimate of drug-likeness (QED) is 0.216. The van der Waals surface area contributed by atoms with E-state index in [2.05, 4.69) is 5.32 Å². The third-order valence-corrected chi connectivity index (χ3v) is 8.05. The fraction of sp³-hybridized carbons (Fsp3) is 0.517. The summed E-state index contributed by atoms with van der Waals surface area (Å²) in [5, 5.41) is 48.0. The molecule has 3 aliphatic rings. The molecule has 0 bridgehead atoms. The fourth-order valence-electron chi connectivity index (χ4n) is 6.21. The van der Waals surface area contributed by atoms with Gasteiger partial charge in [-0.3, -0.25) is 24.6 Å². The van der Waals surface area contributed by atoms with Gasteiger partial charge in [0, 0.05) is 31.3 Å². The number of phenols is 1. The predicted molar refractivity (Wildman–Crippen MR) is 153 cm³/mol. The Morgan fingerprint density at radius 3 is 2.29 bits per heavy atom. The molecule has 4 rings (SSSR count). The topological polar surface area (TPSA) is 203 Å². The maximum absolute atomic E-state index is 14.0. The van der Waals surface area contributed by atoms with Gasteiger partial charge in [-0.2, -0.15) is 0 Å². The Labute approximate surface area is 243 Å². The van der Waals surface area contributed by atoms with Crippen molar-refractivity contribution >= 4 is 40.7 Å². The summed E-state index contributed by atoms with van der Waals surface area (Å²) in [5.41, 5.74) is 1.92. The summed E-state index contributed by atoms with van der Waals surface area (Å²) in [6.07, 6.45) is -0.754. The fourth-order valence-corrected chi connectivity index (χ4v) is 6.21. The molecule has 0 aromatic heterocycles. The summed E-state index contributed by atoms with van der Waals surface area (Å²) in [5.74, 6) is -7.48. The molecule has 1 aromatic carbocycles. The molecule has 1 fully saturated rings. The molecule has 228 valence electrons. The molecule has 0 aliphatic heterocycles. The highest BCUT2D eigenvalue weighted by atomic mass is 16.5. The molecule has 42 heavy (non-hydrogen) atoms. The van der Waals surface area contributed by atoms with Gasteiger partial charge in [0.2, 0.25) is 5.78 Å². The number of nitrogens with one attached hydrogen (secondary N) is 1.